The fourth-order valence-corrected chi connectivity index (χ4v) is 0.526. The lowest BCUT2D eigenvalue weighted by atomic mass is 10.3. The molecule has 0 aromatic rings. The molecule has 0 aliphatic rings. The third kappa shape index (κ3) is 7.15. The third-order valence-electron chi connectivity index (χ3n) is 0.968. The van der Waals surface area contributed by atoms with Crippen molar-refractivity contribution in [2.75, 3.05) is 6.54 Å². The van der Waals surface area contributed by atoms with Gasteiger partial charge in [0.1, 0.15) is 6.54 Å². The van der Waals surface area contributed by atoms with Crippen molar-refractivity contribution in [3.05, 3.63) is 0 Å². The number of hydrogen-bond acceptors (Lipinski definition) is 1. The van der Waals surface area contributed by atoms with E-state index in [1.54, 1.807) is 0 Å². The van der Waals surface area contributed by atoms with Gasteiger partial charge in [0.2, 0.25) is 0 Å². The van der Waals surface area contributed by atoms with E-state index in [9.17, 15) is 13.2 Å². The van der Waals surface area contributed by atoms with E-state index in [0.29, 0.717) is 12.8 Å². The summed E-state index contributed by atoms with van der Waals surface area (Å²) in [5.41, 5.74) is 5.14. The van der Waals surface area contributed by atoms with Gasteiger partial charge in [-0.3, -0.25) is 4.99 Å². The molecule has 0 rings (SSSR count). The molecule has 0 amide bonds. The maximum absolute atomic E-state index is 11.5. The minimum absolute atomic E-state index is 0.0739. The van der Waals surface area contributed by atoms with Gasteiger partial charge in [-0.25, -0.2) is 0 Å². The van der Waals surface area contributed by atoms with Gasteiger partial charge in [0.15, 0.2) is 0 Å². The van der Waals surface area contributed by atoms with E-state index in [1.807, 2.05) is 6.92 Å². The molecule has 0 saturated carbocycles. The summed E-state index contributed by atoms with van der Waals surface area (Å²) in [6.07, 6.45) is -3.10. The highest BCUT2D eigenvalue weighted by atomic mass is 19.4. The fourth-order valence-electron chi connectivity index (χ4n) is 0.526. The van der Waals surface area contributed by atoms with Crippen molar-refractivity contribution in [1.82, 2.24) is 0 Å². The van der Waals surface area contributed by atoms with Crippen LogP contribution in [0.2, 0.25) is 0 Å². The maximum atomic E-state index is 11.5. The SMILES string of the molecule is CCCC(N)=NCC(F)(F)F. The van der Waals surface area contributed by atoms with Crippen molar-refractivity contribution in [2.45, 2.75) is 25.9 Å². The smallest absolute Gasteiger partial charge is 0.387 e. The van der Waals surface area contributed by atoms with Crippen molar-refractivity contribution in [3.63, 3.8) is 0 Å². The topological polar surface area (TPSA) is 38.4 Å². The largest absolute Gasteiger partial charge is 0.408 e. The van der Waals surface area contributed by atoms with Gasteiger partial charge >= 0.3 is 6.18 Å². The van der Waals surface area contributed by atoms with Crippen LogP contribution >= 0.6 is 0 Å². The first-order valence-corrected chi connectivity index (χ1v) is 3.31. The molecule has 2 nitrogen and oxygen atoms in total. The molecule has 0 aromatic carbocycles. The second kappa shape index (κ2) is 4.20. The lowest BCUT2D eigenvalue weighted by Gasteiger charge is -2.02. The molecular weight excluding hydrogens is 157 g/mol. The van der Waals surface area contributed by atoms with Crippen molar-refractivity contribution < 1.29 is 13.2 Å². The van der Waals surface area contributed by atoms with Crippen molar-refractivity contribution >= 4 is 5.84 Å². The highest BCUT2D eigenvalue weighted by Gasteiger charge is 2.26. The molecule has 0 heterocycles. The summed E-state index contributed by atoms with van der Waals surface area (Å²) in [6.45, 7) is 0.662. The number of aliphatic imine (C=N–C) groups is 1. The van der Waals surface area contributed by atoms with Crippen molar-refractivity contribution in [2.24, 2.45) is 10.7 Å². The maximum Gasteiger partial charge on any atom is 0.408 e. The molecule has 0 atom stereocenters. The van der Waals surface area contributed by atoms with Gasteiger partial charge in [0, 0.05) is 6.42 Å². The van der Waals surface area contributed by atoms with Gasteiger partial charge in [-0.2, -0.15) is 13.2 Å². The number of nitrogens with zero attached hydrogens (tertiary/aromatic N) is 1. The van der Waals surface area contributed by atoms with Crippen LogP contribution in [0.15, 0.2) is 4.99 Å². The number of nitrogens with two attached hydrogens (primary N) is 1. The Bertz CT molecular complexity index is 139. The molecule has 0 spiro atoms. The highest BCUT2D eigenvalue weighted by molar-refractivity contribution is 5.80. The van der Waals surface area contributed by atoms with Gasteiger partial charge in [0.25, 0.3) is 0 Å². The fraction of sp³-hybridized carbons (Fsp3) is 0.833. The molecule has 11 heavy (non-hydrogen) atoms. The summed E-state index contributed by atoms with van der Waals surface area (Å²) in [5, 5.41) is 0. The average molecular weight is 168 g/mol. The number of halogens is 3. The summed E-state index contributed by atoms with van der Waals surface area (Å²) >= 11 is 0. The quantitative estimate of drug-likeness (QED) is 0.505. The Morgan fingerprint density at radius 1 is 1.45 bits per heavy atom. The molecule has 0 aliphatic heterocycles. The molecular formula is C6H11F3N2. The molecule has 66 valence electrons. The van der Waals surface area contributed by atoms with Crippen LogP contribution in [0.3, 0.4) is 0 Å². The molecule has 0 unspecified atom stereocenters. The van der Waals surface area contributed by atoms with Gasteiger partial charge < -0.3 is 5.73 Å². The summed E-state index contributed by atoms with van der Waals surface area (Å²) < 4.78 is 34.5. The second-order valence-corrected chi connectivity index (χ2v) is 2.17. The Kier molecular flexibility index (Phi) is 3.92. The molecule has 0 saturated heterocycles. The molecule has 0 aromatic heterocycles. The Labute approximate surface area is 63.3 Å². The molecule has 0 fully saturated rings. The van der Waals surface area contributed by atoms with Crippen LogP contribution in [0.5, 0.6) is 0 Å². The molecule has 5 heteroatoms. The van der Waals surface area contributed by atoms with Crippen molar-refractivity contribution in [1.29, 1.82) is 0 Å². The molecule has 0 bridgehead atoms. The lowest BCUT2D eigenvalue weighted by Crippen LogP contribution is -2.18. The average Bonchev–Trinajstić information content (AvgIpc) is 1.83. The van der Waals surface area contributed by atoms with Crippen LogP contribution in [0.1, 0.15) is 19.8 Å². The summed E-state index contributed by atoms with van der Waals surface area (Å²) in [5.74, 6) is 0.0739. The first-order chi connectivity index (χ1) is 4.95. The van der Waals surface area contributed by atoms with Crippen molar-refractivity contribution in [3.8, 4) is 0 Å². The van der Waals surface area contributed by atoms with Crippen LogP contribution in [0.25, 0.3) is 0 Å². The van der Waals surface area contributed by atoms with Crippen LogP contribution in [-0.2, 0) is 0 Å². The van der Waals surface area contributed by atoms with Crippen LogP contribution in [0.4, 0.5) is 13.2 Å². The van der Waals surface area contributed by atoms with Gasteiger partial charge in [-0.05, 0) is 6.42 Å². The minimum atomic E-state index is -4.24. The van der Waals surface area contributed by atoms with Crippen LogP contribution in [0, 0.1) is 0 Å². The Balaban J connectivity index is 3.73. The zero-order valence-electron chi connectivity index (χ0n) is 6.28. The van der Waals surface area contributed by atoms with Gasteiger partial charge in [-0.1, -0.05) is 6.92 Å². The van der Waals surface area contributed by atoms with E-state index < -0.39 is 12.7 Å². The summed E-state index contributed by atoms with van der Waals surface area (Å²) in [7, 11) is 0. The highest BCUT2D eigenvalue weighted by Crippen LogP contribution is 2.14. The normalized spacial score (nSPS) is 13.6. The number of hydrogen-bond donors (Lipinski definition) is 1. The predicted octanol–water partition coefficient (Wildman–Crippen LogP) is 1.71. The van der Waals surface area contributed by atoms with E-state index >= 15 is 0 Å². The summed E-state index contributed by atoms with van der Waals surface area (Å²) in [4.78, 5) is 3.15. The molecule has 0 radical (unpaired) electrons. The van der Waals surface area contributed by atoms with E-state index in [4.69, 9.17) is 5.73 Å². The zero-order valence-corrected chi connectivity index (χ0v) is 6.28. The Hall–Kier alpha value is -0.740. The van der Waals surface area contributed by atoms with E-state index in [1.165, 1.54) is 0 Å². The van der Waals surface area contributed by atoms with Gasteiger partial charge in [0.05, 0.1) is 5.84 Å². The standard InChI is InChI=1S/C6H11F3N2/c1-2-3-5(10)11-4-6(7,8)9/h2-4H2,1H3,(H2,10,11). The third-order valence-corrected chi connectivity index (χ3v) is 0.968. The second-order valence-electron chi connectivity index (χ2n) is 2.17. The molecule has 2 N–H and O–H groups in total. The number of rotatable bonds is 3. The summed E-state index contributed by atoms with van der Waals surface area (Å²) in [6, 6.07) is 0. The van der Waals surface area contributed by atoms with E-state index in [2.05, 4.69) is 4.99 Å². The minimum Gasteiger partial charge on any atom is -0.387 e. The predicted molar refractivity (Wildman–Crippen MR) is 37.5 cm³/mol. The zero-order chi connectivity index (χ0) is 8.91. The lowest BCUT2D eigenvalue weighted by molar-refractivity contribution is -0.118. The van der Waals surface area contributed by atoms with E-state index in [0.717, 1.165) is 0 Å². The first kappa shape index (κ1) is 10.3. The monoisotopic (exact) mass is 168 g/mol. The number of amidine groups is 1. The number of alkyl halides is 3. The Morgan fingerprint density at radius 2 is 2.00 bits per heavy atom. The first-order valence-electron chi connectivity index (χ1n) is 3.31. The molecule has 0 aliphatic carbocycles. The van der Waals surface area contributed by atoms with Gasteiger partial charge in [-0.15, -0.1) is 0 Å². The van der Waals surface area contributed by atoms with Crippen LogP contribution < -0.4 is 5.73 Å². The Morgan fingerprint density at radius 3 is 2.36 bits per heavy atom. The van der Waals surface area contributed by atoms with Crippen LogP contribution in [-0.4, -0.2) is 18.6 Å². The van der Waals surface area contributed by atoms with E-state index in [-0.39, 0.29) is 5.84 Å².